The van der Waals surface area contributed by atoms with Crippen molar-refractivity contribution in [2.75, 3.05) is 0 Å². The molecule has 9 heteroatoms. The molecular weight excluding hydrogens is 299 g/mol. The maximum atomic E-state index is 9.71. The third-order valence-corrected chi connectivity index (χ3v) is 3.38. The predicted octanol–water partition coefficient (Wildman–Crippen LogP) is 0.845. The van der Waals surface area contributed by atoms with Gasteiger partial charge in [-0.25, -0.2) is 9.97 Å². The average molecular weight is 310 g/mol. The number of fused-ring (bicyclic) bond motifs is 1. The minimum atomic E-state index is -0.914. The zero-order chi connectivity index (χ0) is 15.8. The lowest BCUT2D eigenvalue weighted by molar-refractivity contribution is 0.275. The maximum absolute atomic E-state index is 9.71. The number of ether oxygens (including phenoxy) is 1. The molecule has 0 spiro atoms. The first-order valence-corrected chi connectivity index (χ1v) is 6.92. The zero-order valence-corrected chi connectivity index (χ0v) is 12.1. The summed E-state index contributed by atoms with van der Waals surface area (Å²) >= 11 is 0. The highest BCUT2D eigenvalue weighted by Gasteiger charge is 2.27. The van der Waals surface area contributed by atoms with Crippen LogP contribution < -0.4 is 10.2 Å². The Morgan fingerprint density at radius 1 is 1.22 bits per heavy atom. The highest BCUT2D eigenvalue weighted by molar-refractivity contribution is 6.61. The first-order valence-electron chi connectivity index (χ1n) is 6.92. The van der Waals surface area contributed by atoms with E-state index in [0.29, 0.717) is 41.2 Å². The van der Waals surface area contributed by atoms with Crippen molar-refractivity contribution in [3.05, 3.63) is 42.0 Å². The standard InChI is InChI=1S/C14H11BN4O4/c1-8-18-19-14(22-8)12-5-17-13(6-16-12)23-10-3-2-9-7-21-15(20)11(9)4-10/h2-6,20H,7H2,1H3. The van der Waals surface area contributed by atoms with Crippen LogP contribution in [0.1, 0.15) is 11.5 Å². The van der Waals surface area contributed by atoms with Gasteiger partial charge in [-0.2, -0.15) is 0 Å². The van der Waals surface area contributed by atoms with Crippen LogP contribution in [0.3, 0.4) is 0 Å². The molecule has 2 aromatic heterocycles. The molecular formula is C14H11BN4O4. The Morgan fingerprint density at radius 3 is 2.87 bits per heavy atom. The number of rotatable bonds is 3. The summed E-state index contributed by atoms with van der Waals surface area (Å²) in [6.07, 6.45) is 2.96. The smallest absolute Gasteiger partial charge is 0.438 e. The highest BCUT2D eigenvalue weighted by atomic mass is 16.5. The number of benzene rings is 1. The number of aromatic nitrogens is 4. The van der Waals surface area contributed by atoms with Gasteiger partial charge in [-0.1, -0.05) is 6.07 Å². The van der Waals surface area contributed by atoms with Crippen LogP contribution >= 0.6 is 0 Å². The second-order valence-electron chi connectivity index (χ2n) is 4.99. The number of hydrogen-bond acceptors (Lipinski definition) is 8. The average Bonchev–Trinajstić information content (AvgIpc) is 3.15. The molecule has 3 heterocycles. The zero-order valence-electron chi connectivity index (χ0n) is 12.1. The molecule has 0 unspecified atom stereocenters. The summed E-state index contributed by atoms with van der Waals surface area (Å²) in [4.78, 5) is 8.35. The Morgan fingerprint density at radius 2 is 2.13 bits per heavy atom. The summed E-state index contributed by atoms with van der Waals surface area (Å²) in [5.41, 5.74) is 2.11. The molecule has 0 radical (unpaired) electrons. The van der Waals surface area contributed by atoms with E-state index in [1.54, 1.807) is 19.1 Å². The lowest BCUT2D eigenvalue weighted by Gasteiger charge is -2.06. The summed E-state index contributed by atoms with van der Waals surface area (Å²) in [5.74, 6) is 1.63. The number of hydrogen-bond donors (Lipinski definition) is 1. The van der Waals surface area contributed by atoms with Crippen LogP contribution in [0.5, 0.6) is 11.6 Å². The van der Waals surface area contributed by atoms with Crippen LogP contribution in [0.15, 0.2) is 35.0 Å². The third kappa shape index (κ3) is 2.67. The van der Waals surface area contributed by atoms with E-state index in [2.05, 4.69) is 20.2 Å². The fourth-order valence-electron chi connectivity index (χ4n) is 2.26. The summed E-state index contributed by atoms with van der Waals surface area (Å²) in [7, 11) is -0.914. The van der Waals surface area contributed by atoms with E-state index >= 15 is 0 Å². The van der Waals surface area contributed by atoms with Crippen molar-refractivity contribution in [2.45, 2.75) is 13.5 Å². The Labute approximate surface area is 131 Å². The summed E-state index contributed by atoms with van der Waals surface area (Å²) < 4.78 is 16.1. The van der Waals surface area contributed by atoms with Gasteiger partial charge in [-0.15, -0.1) is 10.2 Å². The molecule has 0 amide bonds. The second kappa shape index (κ2) is 5.45. The molecule has 0 fully saturated rings. The first-order chi connectivity index (χ1) is 11.2. The SMILES string of the molecule is Cc1nnc(-c2cnc(Oc3ccc4c(c3)B(O)OC4)cn2)o1. The van der Waals surface area contributed by atoms with E-state index in [1.165, 1.54) is 12.4 Å². The van der Waals surface area contributed by atoms with Crippen LogP contribution in [0.4, 0.5) is 0 Å². The Bertz CT molecular complexity index is 852. The minimum absolute atomic E-state index is 0.305. The summed E-state index contributed by atoms with van der Waals surface area (Å²) in [6, 6.07) is 5.37. The van der Waals surface area contributed by atoms with Crippen molar-refractivity contribution in [1.29, 1.82) is 0 Å². The van der Waals surface area contributed by atoms with E-state index in [0.717, 1.165) is 5.56 Å². The molecule has 114 valence electrons. The molecule has 4 rings (SSSR count). The topological polar surface area (TPSA) is 103 Å². The van der Waals surface area contributed by atoms with Crippen LogP contribution in [0.2, 0.25) is 0 Å². The monoisotopic (exact) mass is 310 g/mol. The van der Waals surface area contributed by atoms with Crippen LogP contribution in [0, 0.1) is 6.92 Å². The van der Waals surface area contributed by atoms with Gasteiger partial charge in [0.2, 0.25) is 11.8 Å². The van der Waals surface area contributed by atoms with E-state index in [4.69, 9.17) is 13.8 Å². The van der Waals surface area contributed by atoms with Gasteiger partial charge in [-0.3, -0.25) is 0 Å². The van der Waals surface area contributed by atoms with Crippen molar-refractivity contribution in [3.63, 3.8) is 0 Å². The molecule has 0 saturated carbocycles. The quantitative estimate of drug-likeness (QED) is 0.710. The molecule has 23 heavy (non-hydrogen) atoms. The van der Waals surface area contributed by atoms with Gasteiger partial charge in [-0.05, 0) is 23.2 Å². The van der Waals surface area contributed by atoms with Crippen molar-refractivity contribution < 1.29 is 18.8 Å². The molecule has 0 bridgehead atoms. The number of nitrogens with zero attached hydrogens (tertiary/aromatic N) is 4. The number of aryl methyl sites for hydroxylation is 1. The van der Waals surface area contributed by atoms with Crippen LogP contribution in [-0.2, 0) is 11.3 Å². The van der Waals surface area contributed by atoms with Gasteiger partial charge >= 0.3 is 7.12 Å². The highest BCUT2D eigenvalue weighted by Crippen LogP contribution is 2.22. The summed E-state index contributed by atoms with van der Waals surface area (Å²) in [5, 5.41) is 17.3. The van der Waals surface area contributed by atoms with Gasteiger partial charge in [0, 0.05) is 6.92 Å². The lowest BCUT2D eigenvalue weighted by atomic mass is 9.79. The molecule has 0 saturated heterocycles. The lowest BCUT2D eigenvalue weighted by Crippen LogP contribution is -2.27. The van der Waals surface area contributed by atoms with E-state index in [-0.39, 0.29) is 0 Å². The molecule has 8 nitrogen and oxygen atoms in total. The second-order valence-corrected chi connectivity index (χ2v) is 4.99. The fraction of sp³-hybridized carbons (Fsp3) is 0.143. The Kier molecular flexibility index (Phi) is 3.28. The van der Waals surface area contributed by atoms with E-state index < -0.39 is 7.12 Å². The Hall–Kier alpha value is -2.78. The first kappa shape index (κ1) is 13.9. The molecule has 1 aliphatic heterocycles. The Balaban J connectivity index is 1.54. The molecule has 3 aromatic rings. The summed E-state index contributed by atoms with van der Waals surface area (Å²) in [6.45, 7) is 2.10. The van der Waals surface area contributed by atoms with Gasteiger partial charge < -0.3 is 18.8 Å². The minimum Gasteiger partial charge on any atom is -0.438 e. The van der Waals surface area contributed by atoms with Gasteiger partial charge in [0.05, 0.1) is 19.0 Å². The predicted molar refractivity (Wildman–Crippen MR) is 79.0 cm³/mol. The third-order valence-electron chi connectivity index (χ3n) is 3.38. The van der Waals surface area contributed by atoms with Gasteiger partial charge in [0.25, 0.3) is 5.89 Å². The molecule has 0 atom stereocenters. The fourth-order valence-corrected chi connectivity index (χ4v) is 2.26. The van der Waals surface area contributed by atoms with Crippen molar-refractivity contribution in [2.24, 2.45) is 0 Å². The molecule has 1 aromatic carbocycles. The largest absolute Gasteiger partial charge is 0.491 e. The van der Waals surface area contributed by atoms with Crippen molar-refractivity contribution >= 4 is 12.6 Å². The van der Waals surface area contributed by atoms with E-state index in [1.807, 2.05) is 6.07 Å². The maximum Gasteiger partial charge on any atom is 0.491 e. The van der Waals surface area contributed by atoms with Crippen molar-refractivity contribution in [3.8, 4) is 23.2 Å². The van der Waals surface area contributed by atoms with Crippen LogP contribution in [-0.4, -0.2) is 32.3 Å². The molecule has 1 aliphatic rings. The normalized spacial score (nSPS) is 13.2. The van der Waals surface area contributed by atoms with Gasteiger partial charge in [0.1, 0.15) is 11.4 Å². The molecule has 0 aliphatic carbocycles. The van der Waals surface area contributed by atoms with Gasteiger partial charge in [0.15, 0.2) is 0 Å². The van der Waals surface area contributed by atoms with Crippen LogP contribution in [0.25, 0.3) is 11.6 Å². The van der Waals surface area contributed by atoms with Crippen molar-refractivity contribution in [1.82, 2.24) is 20.2 Å². The molecule has 1 N–H and O–H groups in total. The van der Waals surface area contributed by atoms with E-state index in [9.17, 15) is 5.02 Å².